The van der Waals surface area contributed by atoms with E-state index in [9.17, 15) is 4.79 Å². The first kappa shape index (κ1) is 17.9. The van der Waals surface area contributed by atoms with Gasteiger partial charge in [0.25, 0.3) is 0 Å². The molecule has 1 N–H and O–H groups in total. The Balaban J connectivity index is 1.92. The van der Waals surface area contributed by atoms with Crippen LogP contribution >= 0.6 is 23.4 Å². The highest BCUT2D eigenvalue weighted by atomic mass is 35.5. The van der Waals surface area contributed by atoms with Gasteiger partial charge in [0.1, 0.15) is 0 Å². The molecule has 2 nitrogen and oxygen atoms in total. The number of carbonyl (C=O) groups is 1. The molecular formula is C19H22ClNOS. The van der Waals surface area contributed by atoms with Gasteiger partial charge in [0.15, 0.2) is 0 Å². The third kappa shape index (κ3) is 5.02. The highest BCUT2D eigenvalue weighted by molar-refractivity contribution is 7.99. The van der Waals surface area contributed by atoms with Gasteiger partial charge in [0.05, 0.1) is 16.5 Å². The molecule has 4 heteroatoms. The van der Waals surface area contributed by atoms with Crippen LogP contribution in [0.4, 0.5) is 5.69 Å². The van der Waals surface area contributed by atoms with E-state index in [0.29, 0.717) is 10.8 Å². The first-order chi connectivity index (χ1) is 10.9. The molecule has 0 unspecified atom stereocenters. The summed E-state index contributed by atoms with van der Waals surface area (Å²) in [5, 5.41) is 3.52. The Hall–Kier alpha value is -1.45. The number of anilines is 1. The van der Waals surface area contributed by atoms with Gasteiger partial charge in [0.2, 0.25) is 5.91 Å². The van der Waals surface area contributed by atoms with Gasteiger partial charge in [-0.25, -0.2) is 0 Å². The van der Waals surface area contributed by atoms with Crippen molar-refractivity contribution in [1.82, 2.24) is 0 Å². The molecule has 0 aliphatic rings. The molecule has 0 radical (unpaired) electrons. The fourth-order valence-corrected chi connectivity index (χ4v) is 3.72. The quantitative estimate of drug-likeness (QED) is 0.779. The van der Waals surface area contributed by atoms with Crippen LogP contribution in [-0.2, 0) is 10.5 Å². The van der Waals surface area contributed by atoms with E-state index in [2.05, 4.69) is 37.4 Å². The van der Waals surface area contributed by atoms with Gasteiger partial charge in [-0.2, -0.15) is 0 Å². The summed E-state index contributed by atoms with van der Waals surface area (Å²) in [6.45, 7) is 8.13. The molecule has 2 aromatic rings. The number of hydrogen-bond acceptors (Lipinski definition) is 2. The van der Waals surface area contributed by atoms with E-state index in [-0.39, 0.29) is 5.91 Å². The molecule has 0 saturated heterocycles. The summed E-state index contributed by atoms with van der Waals surface area (Å²) in [5.41, 5.74) is 6.60. The van der Waals surface area contributed by atoms with Gasteiger partial charge < -0.3 is 5.32 Å². The SMILES string of the molecule is Cc1cc(C)c(NC(=O)CSCc2cc(C)ccc2C)c(Cl)c1. The van der Waals surface area contributed by atoms with Crippen molar-refractivity contribution in [3.8, 4) is 0 Å². The zero-order chi connectivity index (χ0) is 17.0. The number of rotatable bonds is 5. The Kier molecular flexibility index (Phi) is 6.14. The van der Waals surface area contributed by atoms with E-state index >= 15 is 0 Å². The number of amides is 1. The van der Waals surface area contributed by atoms with E-state index in [4.69, 9.17) is 11.6 Å². The number of thioether (sulfide) groups is 1. The van der Waals surface area contributed by atoms with Gasteiger partial charge in [-0.15, -0.1) is 11.8 Å². The molecule has 122 valence electrons. The first-order valence-corrected chi connectivity index (χ1v) is 9.10. The normalized spacial score (nSPS) is 10.7. The molecule has 0 fully saturated rings. The van der Waals surface area contributed by atoms with Gasteiger partial charge in [-0.05, 0) is 56.0 Å². The largest absolute Gasteiger partial charge is 0.324 e. The van der Waals surface area contributed by atoms with Gasteiger partial charge in [0, 0.05) is 5.75 Å². The zero-order valence-electron chi connectivity index (χ0n) is 14.0. The predicted octanol–water partition coefficient (Wildman–Crippen LogP) is 5.45. The monoisotopic (exact) mass is 347 g/mol. The average molecular weight is 348 g/mol. The number of benzene rings is 2. The highest BCUT2D eigenvalue weighted by Gasteiger charge is 2.10. The lowest BCUT2D eigenvalue weighted by Crippen LogP contribution is -2.15. The molecule has 0 heterocycles. The number of halogens is 1. The van der Waals surface area contributed by atoms with Crippen LogP contribution in [0.5, 0.6) is 0 Å². The van der Waals surface area contributed by atoms with Crippen molar-refractivity contribution >= 4 is 35.0 Å². The topological polar surface area (TPSA) is 29.1 Å². The van der Waals surface area contributed by atoms with Gasteiger partial charge in [-0.1, -0.05) is 41.4 Å². The molecule has 0 aromatic heterocycles. The molecule has 0 spiro atoms. The minimum atomic E-state index is -0.0193. The lowest BCUT2D eigenvalue weighted by atomic mass is 10.1. The maximum absolute atomic E-state index is 12.2. The fraction of sp³-hybridized carbons (Fsp3) is 0.316. The summed E-state index contributed by atoms with van der Waals surface area (Å²) in [6, 6.07) is 10.3. The van der Waals surface area contributed by atoms with Gasteiger partial charge in [-0.3, -0.25) is 4.79 Å². The summed E-state index contributed by atoms with van der Waals surface area (Å²) < 4.78 is 0. The van der Waals surface area contributed by atoms with Crippen LogP contribution in [-0.4, -0.2) is 11.7 Å². The van der Waals surface area contributed by atoms with Crippen LogP contribution in [0, 0.1) is 27.7 Å². The first-order valence-electron chi connectivity index (χ1n) is 7.57. The molecule has 0 aliphatic heterocycles. The maximum Gasteiger partial charge on any atom is 0.234 e. The number of hydrogen-bond donors (Lipinski definition) is 1. The zero-order valence-corrected chi connectivity index (χ0v) is 15.6. The van der Waals surface area contributed by atoms with Crippen molar-refractivity contribution < 1.29 is 4.79 Å². The molecule has 0 saturated carbocycles. The molecule has 1 amide bonds. The van der Waals surface area contributed by atoms with Crippen LogP contribution in [0.2, 0.25) is 5.02 Å². The Bertz CT molecular complexity index is 704. The minimum absolute atomic E-state index is 0.0193. The van der Waals surface area contributed by atoms with Crippen LogP contribution in [0.15, 0.2) is 30.3 Å². The van der Waals surface area contributed by atoms with Crippen molar-refractivity contribution in [2.45, 2.75) is 33.4 Å². The van der Waals surface area contributed by atoms with Crippen molar-refractivity contribution in [2.75, 3.05) is 11.1 Å². The molecule has 2 aromatic carbocycles. The molecule has 23 heavy (non-hydrogen) atoms. The Morgan fingerprint density at radius 3 is 2.48 bits per heavy atom. The van der Waals surface area contributed by atoms with E-state index in [0.717, 1.165) is 22.6 Å². The summed E-state index contributed by atoms with van der Waals surface area (Å²) in [6.07, 6.45) is 0. The average Bonchev–Trinajstić information content (AvgIpc) is 2.46. The van der Waals surface area contributed by atoms with E-state index in [1.165, 1.54) is 16.7 Å². The third-order valence-electron chi connectivity index (χ3n) is 3.69. The Morgan fingerprint density at radius 2 is 1.78 bits per heavy atom. The molecule has 0 atom stereocenters. The van der Waals surface area contributed by atoms with Crippen LogP contribution in [0.25, 0.3) is 0 Å². The second kappa shape index (κ2) is 7.89. The fourth-order valence-electron chi connectivity index (χ4n) is 2.46. The van der Waals surface area contributed by atoms with Crippen LogP contribution in [0.3, 0.4) is 0 Å². The molecule has 0 bridgehead atoms. The van der Waals surface area contributed by atoms with E-state index in [1.54, 1.807) is 11.8 Å². The number of carbonyl (C=O) groups excluding carboxylic acids is 1. The smallest absolute Gasteiger partial charge is 0.234 e. The molecule has 0 aliphatic carbocycles. The standard InChI is InChI=1S/C19H22ClNOS/c1-12-5-6-14(3)16(8-12)10-23-11-18(22)21-19-15(4)7-13(2)9-17(19)20/h5-9H,10-11H2,1-4H3,(H,21,22). The highest BCUT2D eigenvalue weighted by Crippen LogP contribution is 2.27. The third-order valence-corrected chi connectivity index (χ3v) is 4.97. The Labute approximate surface area is 147 Å². The van der Waals surface area contributed by atoms with Crippen molar-refractivity contribution in [2.24, 2.45) is 0 Å². The lowest BCUT2D eigenvalue weighted by Gasteiger charge is -2.12. The molecular weight excluding hydrogens is 326 g/mol. The lowest BCUT2D eigenvalue weighted by molar-refractivity contribution is -0.113. The summed E-state index contributed by atoms with van der Waals surface area (Å²) >= 11 is 7.84. The van der Waals surface area contributed by atoms with Crippen LogP contribution < -0.4 is 5.32 Å². The summed E-state index contributed by atoms with van der Waals surface area (Å²) in [7, 11) is 0. The summed E-state index contributed by atoms with van der Waals surface area (Å²) in [4.78, 5) is 12.2. The predicted molar refractivity (Wildman–Crippen MR) is 102 cm³/mol. The number of nitrogens with one attached hydrogen (secondary N) is 1. The molecule has 2 rings (SSSR count). The second-order valence-electron chi connectivity index (χ2n) is 5.91. The number of aryl methyl sites for hydroxylation is 4. The second-order valence-corrected chi connectivity index (χ2v) is 7.30. The van der Waals surface area contributed by atoms with E-state index < -0.39 is 0 Å². The van der Waals surface area contributed by atoms with Crippen molar-refractivity contribution in [3.63, 3.8) is 0 Å². The van der Waals surface area contributed by atoms with Crippen molar-refractivity contribution in [1.29, 1.82) is 0 Å². The van der Waals surface area contributed by atoms with Crippen molar-refractivity contribution in [3.05, 3.63) is 63.2 Å². The van der Waals surface area contributed by atoms with Crippen LogP contribution in [0.1, 0.15) is 27.8 Å². The summed E-state index contributed by atoms with van der Waals surface area (Å²) in [5.74, 6) is 1.23. The van der Waals surface area contributed by atoms with Gasteiger partial charge >= 0.3 is 0 Å². The maximum atomic E-state index is 12.2. The van der Waals surface area contributed by atoms with E-state index in [1.807, 2.05) is 26.0 Å². The minimum Gasteiger partial charge on any atom is -0.324 e. The Morgan fingerprint density at radius 1 is 1.04 bits per heavy atom.